The summed E-state index contributed by atoms with van der Waals surface area (Å²) >= 11 is 6.05. The lowest BCUT2D eigenvalue weighted by atomic mass is 10.1. The van der Waals surface area contributed by atoms with Gasteiger partial charge in [0, 0.05) is 35.9 Å². The Labute approximate surface area is 152 Å². The summed E-state index contributed by atoms with van der Waals surface area (Å²) in [5.74, 6) is 0.657. The molecule has 1 heterocycles. The second-order valence-corrected chi connectivity index (χ2v) is 5.79. The van der Waals surface area contributed by atoms with Gasteiger partial charge in [0.15, 0.2) is 5.88 Å². The summed E-state index contributed by atoms with van der Waals surface area (Å²) in [5.41, 5.74) is 1.28. The van der Waals surface area contributed by atoms with Crippen LogP contribution in [-0.4, -0.2) is 19.0 Å². The first kappa shape index (κ1) is 18.6. The predicted octanol–water partition coefficient (Wildman–Crippen LogP) is 4.63. The lowest BCUT2D eigenvalue weighted by molar-refractivity contribution is -0.112. The summed E-state index contributed by atoms with van der Waals surface area (Å²) in [6.07, 6.45) is 1.43. The molecule has 0 atom stereocenters. The molecule has 0 fully saturated rings. The number of carbonyl (C=O) groups is 1. The number of amides is 1. The molecule has 0 unspecified atom stereocenters. The first-order valence-electron chi connectivity index (χ1n) is 8.03. The van der Waals surface area contributed by atoms with E-state index < -0.39 is 5.91 Å². The first-order valence-corrected chi connectivity index (χ1v) is 8.41. The van der Waals surface area contributed by atoms with Crippen molar-refractivity contribution in [3.05, 3.63) is 52.3 Å². The van der Waals surface area contributed by atoms with Crippen molar-refractivity contribution in [3.8, 4) is 6.07 Å². The molecule has 0 spiro atoms. The molecular formula is C19H20ClN3O2. The zero-order chi connectivity index (χ0) is 18.4. The van der Waals surface area contributed by atoms with Gasteiger partial charge in [-0.25, -0.2) is 0 Å². The molecule has 1 aromatic heterocycles. The van der Waals surface area contributed by atoms with E-state index in [9.17, 15) is 10.1 Å². The molecule has 5 nitrogen and oxygen atoms in total. The third-order valence-electron chi connectivity index (χ3n) is 3.86. The van der Waals surface area contributed by atoms with E-state index in [1.807, 2.05) is 30.9 Å². The van der Waals surface area contributed by atoms with Gasteiger partial charge in [-0.15, -0.1) is 0 Å². The van der Waals surface area contributed by atoms with Crippen LogP contribution < -0.4 is 10.2 Å². The Morgan fingerprint density at radius 1 is 1.32 bits per heavy atom. The highest BCUT2D eigenvalue weighted by molar-refractivity contribution is 6.31. The summed E-state index contributed by atoms with van der Waals surface area (Å²) in [6.45, 7) is 7.49. The van der Waals surface area contributed by atoms with E-state index in [1.54, 1.807) is 31.2 Å². The molecule has 2 rings (SSSR count). The van der Waals surface area contributed by atoms with Crippen molar-refractivity contribution in [1.82, 2.24) is 0 Å². The minimum Gasteiger partial charge on any atom is -0.441 e. The Kier molecular flexibility index (Phi) is 6.26. The number of hydrogen-bond acceptors (Lipinski definition) is 4. The van der Waals surface area contributed by atoms with Crippen LogP contribution in [0, 0.1) is 18.3 Å². The zero-order valence-electron chi connectivity index (χ0n) is 14.5. The predicted molar refractivity (Wildman–Crippen MR) is 101 cm³/mol. The first-order chi connectivity index (χ1) is 12.0. The average molecular weight is 358 g/mol. The molecule has 1 amide bonds. The van der Waals surface area contributed by atoms with Gasteiger partial charge in [-0.2, -0.15) is 5.26 Å². The maximum atomic E-state index is 12.4. The fourth-order valence-corrected chi connectivity index (χ4v) is 2.52. The number of carbonyl (C=O) groups excluding carboxylic acids is 1. The van der Waals surface area contributed by atoms with Gasteiger partial charge in [0.05, 0.1) is 0 Å². The number of nitriles is 1. The highest BCUT2D eigenvalue weighted by Crippen LogP contribution is 2.24. The van der Waals surface area contributed by atoms with Crippen LogP contribution in [0.2, 0.25) is 5.02 Å². The van der Waals surface area contributed by atoms with Gasteiger partial charge >= 0.3 is 0 Å². The maximum Gasteiger partial charge on any atom is 0.266 e. The summed E-state index contributed by atoms with van der Waals surface area (Å²) in [5, 5.41) is 12.6. The van der Waals surface area contributed by atoms with Crippen LogP contribution in [0.4, 0.5) is 11.6 Å². The number of nitrogens with zero attached hydrogens (tertiary/aromatic N) is 2. The third-order valence-corrected chi connectivity index (χ3v) is 4.26. The Morgan fingerprint density at radius 3 is 2.68 bits per heavy atom. The summed E-state index contributed by atoms with van der Waals surface area (Å²) in [4.78, 5) is 14.4. The van der Waals surface area contributed by atoms with Gasteiger partial charge in [-0.3, -0.25) is 4.79 Å². The van der Waals surface area contributed by atoms with Crippen LogP contribution in [0.5, 0.6) is 0 Å². The highest BCUT2D eigenvalue weighted by atomic mass is 35.5. The second kappa shape index (κ2) is 8.41. The van der Waals surface area contributed by atoms with Crippen LogP contribution in [-0.2, 0) is 4.79 Å². The van der Waals surface area contributed by atoms with Gasteiger partial charge in [-0.05, 0) is 44.5 Å². The van der Waals surface area contributed by atoms with E-state index in [2.05, 4.69) is 5.32 Å². The fraction of sp³-hybridized carbons (Fsp3) is 0.263. The van der Waals surface area contributed by atoms with Gasteiger partial charge in [0.1, 0.15) is 17.4 Å². The van der Waals surface area contributed by atoms with Crippen molar-refractivity contribution in [3.63, 3.8) is 0 Å². The van der Waals surface area contributed by atoms with E-state index in [0.717, 1.165) is 18.7 Å². The van der Waals surface area contributed by atoms with Crippen LogP contribution in [0.25, 0.3) is 6.08 Å². The third kappa shape index (κ3) is 4.43. The number of anilines is 2. The number of hydrogen-bond donors (Lipinski definition) is 1. The molecule has 0 aliphatic rings. The SMILES string of the molecule is CCN(CC)c1ccc(/C=C(/C#N)C(=O)Nc2cccc(Cl)c2C)o1. The second-order valence-electron chi connectivity index (χ2n) is 5.38. The van der Waals surface area contributed by atoms with E-state index in [1.165, 1.54) is 6.08 Å². The van der Waals surface area contributed by atoms with Crippen LogP contribution >= 0.6 is 11.6 Å². The van der Waals surface area contributed by atoms with Gasteiger partial charge in [-0.1, -0.05) is 17.7 Å². The quantitative estimate of drug-likeness (QED) is 0.604. The van der Waals surface area contributed by atoms with E-state index >= 15 is 0 Å². The summed E-state index contributed by atoms with van der Waals surface area (Å²) in [7, 11) is 0. The highest BCUT2D eigenvalue weighted by Gasteiger charge is 2.13. The van der Waals surface area contributed by atoms with E-state index in [0.29, 0.717) is 22.4 Å². The van der Waals surface area contributed by atoms with Crippen molar-refractivity contribution in [2.24, 2.45) is 0 Å². The zero-order valence-corrected chi connectivity index (χ0v) is 15.2. The van der Waals surface area contributed by atoms with Crippen LogP contribution in [0.15, 0.2) is 40.3 Å². The van der Waals surface area contributed by atoms with Crippen molar-refractivity contribution in [2.45, 2.75) is 20.8 Å². The smallest absolute Gasteiger partial charge is 0.266 e. The normalized spacial score (nSPS) is 11.1. The summed E-state index contributed by atoms with van der Waals surface area (Å²) < 4.78 is 5.70. The van der Waals surface area contributed by atoms with Crippen LogP contribution in [0.1, 0.15) is 25.2 Å². The number of nitrogens with one attached hydrogen (secondary N) is 1. The minimum atomic E-state index is -0.506. The van der Waals surface area contributed by atoms with E-state index in [-0.39, 0.29) is 5.57 Å². The number of halogens is 1. The fourth-order valence-electron chi connectivity index (χ4n) is 2.35. The molecule has 1 aromatic carbocycles. The molecule has 130 valence electrons. The molecule has 0 aliphatic heterocycles. The van der Waals surface area contributed by atoms with Crippen molar-refractivity contribution in [1.29, 1.82) is 5.26 Å². The molecular weight excluding hydrogens is 338 g/mol. The molecule has 0 saturated carbocycles. The molecule has 0 radical (unpaired) electrons. The van der Waals surface area contributed by atoms with Crippen LogP contribution in [0.3, 0.4) is 0 Å². The summed E-state index contributed by atoms with van der Waals surface area (Å²) in [6, 6.07) is 10.7. The van der Waals surface area contributed by atoms with E-state index in [4.69, 9.17) is 16.0 Å². The molecule has 2 aromatic rings. The maximum absolute atomic E-state index is 12.4. The van der Waals surface area contributed by atoms with Crippen molar-refractivity contribution >= 4 is 35.2 Å². The number of benzene rings is 1. The van der Waals surface area contributed by atoms with Gasteiger partial charge in [0.25, 0.3) is 5.91 Å². The topological polar surface area (TPSA) is 69.3 Å². The van der Waals surface area contributed by atoms with Gasteiger partial charge < -0.3 is 14.6 Å². The number of rotatable bonds is 6. The lowest BCUT2D eigenvalue weighted by Crippen LogP contribution is -2.20. The Morgan fingerprint density at radius 2 is 2.04 bits per heavy atom. The Hall–Kier alpha value is -2.71. The molecule has 6 heteroatoms. The Bertz CT molecular complexity index is 829. The minimum absolute atomic E-state index is 0.0418. The molecule has 0 saturated heterocycles. The largest absolute Gasteiger partial charge is 0.441 e. The molecule has 25 heavy (non-hydrogen) atoms. The van der Waals surface area contributed by atoms with Gasteiger partial charge in [0.2, 0.25) is 0 Å². The number of furan rings is 1. The molecule has 0 aliphatic carbocycles. The monoisotopic (exact) mass is 357 g/mol. The van der Waals surface area contributed by atoms with Crippen molar-refractivity contribution < 1.29 is 9.21 Å². The van der Waals surface area contributed by atoms with Crippen molar-refractivity contribution in [2.75, 3.05) is 23.3 Å². The Balaban J connectivity index is 2.21. The molecule has 0 bridgehead atoms. The lowest BCUT2D eigenvalue weighted by Gasteiger charge is -2.16. The molecule has 1 N–H and O–H groups in total. The average Bonchev–Trinajstić information content (AvgIpc) is 3.06. The standard InChI is InChI=1S/C19H20ClN3O2/c1-4-23(5-2)18-10-9-15(25-18)11-14(12-21)19(24)22-17-8-6-7-16(20)13(17)3/h6-11H,4-5H2,1-3H3,(H,22,24)/b14-11-.